The van der Waals surface area contributed by atoms with Crippen LogP contribution in [0.2, 0.25) is 0 Å². The monoisotopic (exact) mass is 479 g/mol. The number of hydrogen-bond donors (Lipinski definition) is 2. The van der Waals surface area contributed by atoms with Gasteiger partial charge in [0.2, 0.25) is 0 Å². The molecule has 2 N–H and O–H groups in total. The molecule has 36 heavy (non-hydrogen) atoms. The Morgan fingerprint density at radius 1 is 0.972 bits per heavy atom. The zero-order valence-corrected chi connectivity index (χ0v) is 20.7. The Morgan fingerprint density at radius 3 is 2.56 bits per heavy atom. The lowest BCUT2D eigenvalue weighted by Gasteiger charge is -2.23. The third-order valence-electron chi connectivity index (χ3n) is 6.11. The van der Waals surface area contributed by atoms with E-state index in [9.17, 15) is 4.79 Å². The van der Waals surface area contributed by atoms with E-state index in [1.807, 2.05) is 54.7 Å². The first kappa shape index (κ1) is 25.1. The first-order valence-corrected chi connectivity index (χ1v) is 12.4. The number of ether oxygens (including phenoxy) is 1. The van der Waals surface area contributed by atoms with Crippen LogP contribution in [0.15, 0.2) is 104 Å². The second kappa shape index (κ2) is 12.7. The van der Waals surface area contributed by atoms with E-state index in [4.69, 9.17) is 4.74 Å². The van der Waals surface area contributed by atoms with Gasteiger partial charge in [0, 0.05) is 41.6 Å². The van der Waals surface area contributed by atoms with Gasteiger partial charge in [0.1, 0.15) is 6.61 Å². The quantitative estimate of drug-likeness (QED) is 0.186. The molecule has 4 aromatic rings. The molecule has 0 saturated heterocycles. The number of rotatable bonds is 12. The van der Waals surface area contributed by atoms with Crippen LogP contribution < -0.4 is 10.6 Å². The first-order valence-electron chi connectivity index (χ1n) is 12.4. The van der Waals surface area contributed by atoms with Crippen LogP contribution in [0.5, 0.6) is 0 Å². The lowest BCUT2D eigenvalue weighted by molar-refractivity contribution is -0.144. The molecule has 0 aliphatic heterocycles. The van der Waals surface area contributed by atoms with Crippen molar-refractivity contribution >= 4 is 22.4 Å². The van der Waals surface area contributed by atoms with Crippen LogP contribution in [0, 0.1) is 0 Å². The molecule has 0 fully saturated rings. The minimum absolute atomic E-state index is 0.0827. The molecule has 1 heterocycles. The smallest absolute Gasteiger partial charge is 0.310 e. The van der Waals surface area contributed by atoms with Gasteiger partial charge in [0.15, 0.2) is 0 Å². The fourth-order valence-corrected chi connectivity index (χ4v) is 4.12. The van der Waals surface area contributed by atoms with Gasteiger partial charge in [-0.15, -0.1) is 0 Å². The Kier molecular flexibility index (Phi) is 8.84. The zero-order chi connectivity index (χ0) is 25.2. The molecule has 0 aliphatic carbocycles. The molecule has 4 rings (SSSR count). The summed E-state index contributed by atoms with van der Waals surface area (Å²) in [7, 11) is 0. The van der Waals surface area contributed by atoms with Crippen molar-refractivity contribution in [1.29, 1.82) is 0 Å². The summed E-state index contributed by atoms with van der Waals surface area (Å²) in [6, 6.07) is 26.1. The van der Waals surface area contributed by atoms with Crippen molar-refractivity contribution in [3.8, 4) is 0 Å². The predicted octanol–water partition coefficient (Wildman–Crippen LogP) is 6.23. The molecular weight excluding hydrogens is 446 g/mol. The number of nitrogens with zero attached hydrogens (tertiary/aromatic N) is 1. The highest BCUT2D eigenvalue weighted by atomic mass is 16.5. The van der Waals surface area contributed by atoms with Gasteiger partial charge >= 0.3 is 5.97 Å². The van der Waals surface area contributed by atoms with Crippen LogP contribution in [0.25, 0.3) is 10.8 Å². The van der Waals surface area contributed by atoms with Crippen LogP contribution in [-0.4, -0.2) is 24.0 Å². The normalized spacial score (nSPS) is 11.7. The average molecular weight is 480 g/mol. The number of aromatic nitrogens is 1. The lowest BCUT2D eigenvalue weighted by Crippen LogP contribution is -2.25. The van der Waals surface area contributed by atoms with Gasteiger partial charge in [-0.25, -0.2) is 0 Å². The number of fused-ring (bicyclic) bond motifs is 1. The van der Waals surface area contributed by atoms with Crippen molar-refractivity contribution in [1.82, 2.24) is 10.3 Å². The van der Waals surface area contributed by atoms with E-state index in [1.54, 1.807) is 6.20 Å². The molecule has 5 heteroatoms. The number of carbonyl (C=O) groups is 1. The standard InChI is InChI=1S/C31H33N3O2/c1-3-16-32-21-30(23(2)34-29-14-13-28-20-33-17-15-27(28)19-29)26-11-9-25(10-12-26)22-36-31(35)18-24-7-5-4-6-8-24/h4-15,17,19-20,30,32,34H,2-3,16,18,21-22H2,1H3. The minimum Gasteiger partial charge on any atom is -0.461 e. The summed E-state index contributed by atoms with van der Waals surface area (Å²) >= 11 is 0. The van der Waals surface area contributed by atoms with Gasteiger partial charge in [-0.1, -0.05) is 74.2 Å². The molecular formula is C31H33N3O2. The molecule has 0 spiro atoms. The van der Waals surface area contributed by atoms with Crippen molar-refractivity contribution in [2.75, 3.05) is 18.4 Å². The van der Waals surface area contributed by atoms with Gasteiger partial charge in [0.25, 0.3) is 0 Å². The molecule has 0 amide bonds. The number of hydrogen-bond acceptors (Lipinski definition) is 5. The Balaban J connectivity index is 1.40. The summed E-state index contributed by atoms with van der Waals surface area (Å²) in [5, 5.41) is 9.28. The highest BCUT2D eigenvalue weighted by Crippen LogP contribution is 2.26. The summed E-state index contributed by atoms with van der Waals surface area (Å²) in [5.74, 6) is -0.143. The maximum atomic E-state index is 12.2. The summed E-state index contributed by atoms with van der Waals surface area (Å²) in [6.07, 6.45) is 5.02. The topological polar surface area (TPSA) is 63.3 Å². The van der Waals surface area contributed by atoms with Crippen molar-refractivity contribution in [3.05, 3.63) is 120 Å². The van der Waals surface area contributed by atoms with Gasteiger partial charge < -0.3 is 15.4 Å². The van der Waals surface area contributed by atoms with E-state index < -0.39 is 0 Å². The van der Waals surface area contributed by atoms with E-state index in [0.29, 0.717) is 0 Å². The zero-order valence-electron chi connectivity index (χ0n) is 20.7. The second-order valence-corrected chi connectivity index (χ2v) is 8.91. The first-order chi connectivity index (χ1) is 17.6. The molecule has 5 nitrogen and oxygen atoms in total. The maximum absolute atomic E-state index is 12.2. The molecule has 1 unspecified atom stereocenters. The highest BCUT2D eigenvalue weighted by molar-refractivity contribution is 5.85. The largest absolute Gasteiger partial charge is 0.461 e. The molecule has 0 aliphatic rings. The molecule has 3 aromatic carbocycles. The summed E-state index contributed by atoms with van der Waals surface area (Å²) < 4.78 is 5.49. The number of carbonyl (C=O) groups excluding carboxylic acids is 1. The molecule has 0 bridgehead atoms. The number of esters is 1. The summed E-state index contributed by atoms with van der Waals surface area (Å²) in [4.78, 5) is 16.4. The Morgan fingerprint density at radius 2 is 1.78 bits per heavy atom. The highest BCUT2D eigenvalue weighted by Gasteiger charge is 2.16. The van der Waals surface area contributed by atoms with Crippen LogP contribution in [-0.2, 0) is 22.6 Å². The van der Waals surface area contributed by atoms with E-state index in [2.05, 4.69) is 59.5 Å². The van der Waals surface area contributed by atoms with Gasteiger partial charge in [-0.2, -0.15) is 0 Å². The van der Waals surface area contributed by atoms with E-state index in [1.165, 1.54) is 0 Å². The van der Waals surface area contributed by atoms with E-state index in [-0.39, 0.29) is 24.9 Å². The van der Waals surface area contributed by atoms with Crippen LogP contribution in [0.3, 0.4) is 0 Å². The van der Waals surface area contributed by atoms with Gasteiger partial charge in [-0.3, -0.25) is 9.78 Å². The molecule has 1 aromatic heterocycles. The SMILES string of the molecule is C=C(Nc1ccc2cnccc2c1)C(CNCCC)c1ccc(COC(=O)Cc2ccccc2)cc1. The number of anilines is 1. The molecule has 184 valence electrons. The number of benzene rings is 3. The minimum atomic E-state index is -0.226. The Labute approximate surface area is 213 Å². The lowest BCUT2D eigenvalue weighted by atomic mass is 9.94. The fraction of sp³-hybridized carbons (Fsp3) is 0.226. The third kappa shape index (κ3) is 7.03. The third-order valence-corrected chi connectivity index (χ3v) is 6.11. The van der Waals surface area contributed by atoms with E-state index in [0.717, 1.165) is 58.4 Å². The second-order valence-electron chi connectivity index (χ2n) is 8.91. The predicted molar refractivity (Wildman–Crippen MR) is 147 cm³/mol. The number of pyridine rings is 1. The summed E-state index contributed by atoms with van der Waals surface area (Å²) in [5.41, 5.74) is 4.99. The Hall–Kier alpha value is -3.96. The molecule has 1 atom stereocenters. The van der Waals surface area contributed by atoms with E-state index >= 15 is 0 Å². The fourth-order valence-electron chi connectivity index (χ4n) is 4.12. The van der Waals surface area contributed by atoms with Crippen molar-refractivity contribution in [2.24, 2.45) is 0 Å². The van der Waals surface area contributed by atoms with Crippen LogP contribution in [0.1, 0.15) is 36.0 Å². The maximum Gasteiger partial charge on any atom is 0.310 e. The van der Waals surface area contributed by atoms with Gasteiger partial charge in [0.05, 0.1) is 6.42 Å². The summed E-state index contributed by atoms with van der Waals surface area (Å²) in [6.45, 7) is 8.52. The number of nitrogens with one attached hydrogen (secondary N) is 2. The Bertz CT molecular complexity index is 1290. The molecule has 0 radical (unpaired) electrons. The van der Waals surface area contributed by atoms with Crippen LogP contribution in [0.4, 0.5) is 5.69 Å². The van der Waals surface area contributed by atoms with Gasteiger partial charge in [-0.05, 0) is 53.2 Å². The molecule has 0 saturated carbocycles. The van der Waals surface area contributed by atoms with Crippen molar-refractivity contribution < 1.29 is 9.53 Å². The van der Waals surface area contributed by atoms with Crippen molar-refractivity contribution in [3.63, 3.8) is 0 Å². The van der Waals surface area contributed by atoms with Crippen LogP contribution >= 0.6 is 0 Å². The van der Waals surface area contributed by atoms with Crippen molar-refractivity contribution in [2.45, 2.75) is 32.3 Å². The average Bonchev–Trinajstić information content (AvgIpc) is 2.91.